The third kappa shape index (κ3) is 1.05. The minimum Gasteiger partial charge on any atom is -0.465 e. The van der Waals surface area contributed by atoms with Crippen molar-refractivity contribution in [3.63, 3.8) is 0 Å². The minimum absolute atomic E-state index is 0.0550. The van der Waals surface area contributed by atoms with Crippen LogP contribution in [0.5, 0.6) is 0 Å². The third-order valence-electron chi connectivity index (χ3n) is 0.871. The van der Waals surface area contributed by atoms with Crippen LogP contribution in [0.1, 0.15) is 6.42 Å². The van der Waals surface area contributed by atoms with E-state index in [1.54, 1.807) is 0 Å². The van der Waals surface area contributed by atoms with Crippen LogP contribution in [-0.2, 0) is 9.53 Å². The van der Waals surface area contributed by atoms with Crippen molar-refractivity contribution < 1.29 is 9.53 Å². The predicted octanol–water partition coefficient (Wildman–Crippen LogP) is 0.737. The summed E-state index contributed by atoms with van der Waals surface area (Å²) in [5.41, 5.74) is 0. The Morgan fingerprint density at radius 1 is 1.86 bits per heavy atom. The molecule has 0 N–H and O–H groups in total. The molecule has 0 spiro atoms. The fourth-order valence-corrected chi connectivity index (χ4v) is 0.905. The van der Waals surface area contributed by atoms with E-state index in [9.17, 15) is 4.79 Å². The molecule has 1 heterocycles. The second-order valence-corrected chi connectivity index (χ2v) is 2.93. The fraction of sp³-hybridized carbons (Fsp3) is 0.750. The maximum absolute atomic E-state index is 10.3. The quantitative estimate of drug-likeness (QED) is 0.336. The zero-order chi connectivity index (χ0) is 5.28. The normalized spacial score (nSPS) is 30.4. The van der Waals surface area contributed by atoms with Gasteiger partial charge in [0.1, 0.15) is 3.92 Å². The van der Waals surface area contributed by atoms with Crippen LogP contribution in [-0.4, -0.2) is 16.5 Å². The van der Waals surface area contributed by atoms with Crippen LogP contribution in [0.4, 0.5) is 0 Å². The number of esters is 1. The molecule has 1 aliphatic heterocycles. The highest BCUT2D eigenvalue weighted by Crippen LogP contribution is 2.14. The first-order chi connectivity index (χ1) is 3.30. The first kappa shape index (κ1) is 5.34. The van der Waals surface area contributed by atoms with Gasteiger partial charge in [0.2, 0.25) is 0 Å². The van der Waals surface area contributed by atoms with Gasteiger partial charge in [0.15, 0.2) is 0 Å². The molecule has 0 unspecified atom stereocenters. The molecule has 0 aliphatic carbocycles. The summed E-state index contributed by atoms with van der Waals surface area (Å²) in [4.78, 5) is 10.3. The Kier molecular flexibility index (Phi) is 1.51. The van der Waals surface area contributed by atoms with Gasteiger partial charge in [-0.3, -0.25) is 4.79 Å². The Hall–Kier alpha value is 0.200. The number of hydrogen-bond acceptors (Lipinski definition) is 2. The van der Waals surface area contributed by atoms with Crippen LogP contribution in [0.2, 0.25) is 0 Å². The van der Waals surface area contributed by atoms with Gasteiger partial charge in [0.25, 0.3) is 0 Å². The average molecular weight is 212 g/mol. The van der Waals surface area contributed by atoms with Gasteiger partial charge in [-0.2, -0.15) is 0 Å². The molecule has 0 bridgehead atoms. The van der Waals surface area contributed by atoms with Crippen LogP contribution in [0.3, 0.4) is 0 Å². The molecule has 1 saturated heterocycles. The van der Waals surface area contributed by atoms with Crippen molar-refractivity contribution in [1.29, 1.82) is 0 Å². The SMILES string of the molecule is O=C1OCC[C@H]1I. The monoisotopic (exact) mass is 212 g/mol. The van der Waals surface area contributed by atoms with E-state index in [2.05, 4.69) is 27.3 Å². The molecule has 0 saturated carbocycles. The van der Waals surface area contributed by atoms with E-state index in [1.165, 1.54) is 0 Å². The lowest BCUT2D eigenvalue weighted by atomic mass is 10.4. The van der Waals surface area contributed by atoms with E-state index in [-0.39, 0.29) is 9.89 Å². The van der Waals surface area contributed by atoms with Crippen molar-refractivity contribution in [2.75, 3.05) is 6.61 Å². The largest absolute Gasteiger partial charge is 0.465 e. The van der Waals surface area contributed by atoms with Crippen molar-refractivity contribution in [3.8, 4) is 0 Å². The number of carbonyl (C=O) groups is 1. The molecule has 1 rings (SSSR count). The molecular formula is C4H5IO2. The van der Waals surface area contributed by atoms with E-state index >= 15 is 0 Å². The Labute approximate surface area is 55.4 Å². The van der Waals surface area contributed by atoms with E-state index in [0.29, 0.717) is 6.61 Å². The van der Waals surface area contributed by atoms with E-state index < -0.39 is 0 Å². The summed E-state index contributed by atoms with van der Waals surface area (Å²) < 4.78 is 4.74. The second kappa shape index (κ2) is 1.98. The van der Waals surface area contributed by atoms with Crippen molar-refractivity contribution in [2.45, 2.75) is 10.3 Å². The number of hydrogen-bond donors (Lipinski definition) is 0. The molecule has 1 atom stereocenters. The minimum atomic E-state index is -0.0550. The van der Waals surface area contributed by atoms with Crippen LogP contribution in [0.15, 0.2) is 0 Å². The van der Waals surface area contributed by atoms with Gasteiger partial charge < -0.3 is 4.74 Å². The zero-order valence-corrected chi connectivity index (χ0v) is 5.84. The number of halogens is 1. The van der Waals surface area contributed by atoms with Crippen molar-refractivity contribution >= 4 is 28.6 Å². The van der Waals surface area contributed by atoms with Gasteiger partial charge in [0, 0.05) is 6.42 Å². The zero-order valence-electron chi connectivity index (χ0n) is 3.69. The predicted molar refractivity (Wildman–Crippen MR) is 33.4 cm³/mol. The van der Waals surface area contributed by atoms with E-state index in [4.69, 9.17) is 0 Å². The highest BCUT2D eigenvalue weighted by Gasteiger charge is 2.22. The number of ether oxygens (including phenoxy) is 1. The van der Waals surface area contributed by atoms with Gasteiger partial charge in [0.05, 0.1) is 6.61 Å². The van der Waals surface area contributed by atoms with Crippen molar-refractivity contribution in [2.24, 2.45) is 0 Å². The summed E-state index contributed by atoms with van der Waals surface area (Å²) >= 11 is 2.08. The molecule has 0 aromatic rings. The summed E-state index contributed by atoms with van der Waals surface area (Å²) in [5.74, 6) is -0.0550. The number of cyclic esters (lactones) is 1. The molecule has 7 heavy (non-hydrogen) atoms. The molecule has 1 fully saturated rings. The van der Waals surface area contributed by atoms with Crippen molar-refractivity contribution in [3.05, 3.63) is 0 Å². The fourth-order valence-electron chi connectivity index (χ4n) is 0.471. The van der Waals surface area contributed by atoms with Crippen LogP contribution >= 0.6 is 22.6 Å². The second-order valence-electron chi connectivity index (χ2n) is 1.42. The topological polar surface area (TPSA) is 26.3 Å². The molecule has 0 amide bonds. The lowest BCUT2D eigenvalue weighted by Crippen LogP contribution is -2.03. The van der Waals surface area contributed by atoms with E-state index in [0.717, 1.165) is 6.42 Å². The van der Waals surface area contributed by atoms with Gasteiger partial charge in [-0.15, -0.1) is 0 Å². The maximum Gasteiger partial charge on any atom is 0.319 e. The Morgan fingerprint density at radius 2 is 2.57 bits per heavy atom. The highest BCUT2D eigenvalue weighted by atomic mass is 127. The average Bonchev–Trinajstić information content (AvgIpc) is 1.91. The molecule has 0 radical (unpaired) electrons. The smallest absolute Gasteiger partial charge is 0.319 e. The standard InChI is InChI=1S/C4H5IO2/c5-3-1-2-7-4(3)6/h3H,1-2H2/t3-/m1/s1. The molecule has 0 aromatic carbocycles. The Bertz CT molecular complexity index is 91.7. The third-order valence-corrected chi connectivity index (χ3v) is 2.00. The summed E-state index contributed by atoms with van der Waals surface area (Å²) in [5, 5.41) is 0. The molecule has 2 nitrogen and oxygen atoms in total. The first-order valence-corrected chi connectivity index (χ1v) is 3.36. The molecule has 3 heteroatoms. The van der Waals surface area contributed by atoms with Gasteiger partial charge >= 0.3 is 5.97 Å². The lowest BCUT2D eigenvalue weighted by molar-refractivity contribution is -0.137. The highest BCUT2D eigenvalue weighted by molar-refractivity contribution is 14.1. The number of rotatable bonds is 0. The summed E-state index contributed by atoms with van der Waals surface area (Å²) in [7, 11) is 0. The van der Waals surface area contributed by atoms with Crippen molar-refractivity contribution in [1.82, 2.24) is 0 Å². The molecule has 0 aromatic heterocycles. The van der Waals surface area contributed by atoms with Crippen LogP contribution < -0.4 is 0 Å². The van der Waals surface area contributed by atoms with Crippen LogP contribution in [0.25, 0.3) is 0 Å². The molecule has 1 aliphatic rings. The number of alkyl halides is 1. The Morgan fingerprint density at radius 3 is 2.71 bits per heavy atom. The van der Waals surface area contributed by atoms with Crippen LogP contribution in [0, 0.1) is 0 Å². The summed E-state index contributed by atoms with van der Waals surface area (Å²) in [6.07, 6.45) is 0.888. The molecule has 40 valence electrons. The first-order valence-electron chi connectivity index (χ1n) is 2.11. The maximum atomic E-state index is 10.3. The van der Waals surface area contributed by atoms with Gasteiger partial charge in [-0.1, -0.05) is 22.6 Å². The lowest BCUT2D eigenvalue weighted by Gasteiger charge is -1.86. The summed E-state index contributed by atoms with van der Waals surface area (Å²) in [6, 6.07) is 0. The van der Waals surface area contributed by atoms with E-state index in [1.807, 2.05) is 0 Å². The summed E-state index contributed by atoms with van der Waals surface area (Å²) in [6.45, 7) is 0.617. The molecular weight excluding hydrogens is 207 g/mol. The van der Waals surface area contributed by atoms with Gasteiger partial charge in [-0.05, 0) is 0 Å². The number of carbonyl (C=O) groups excluding carboxylic acids is 1. The Balaban J connectivity index is 2.48. The van der Waals surface area contributed by atoms with Gasteiger partial charge in [-0.25, -0.2) is 0 Å².